The molecule has 0 spiro atoms. The number of rotatable bonds is 5. The van der Waals surface area contributed by atoms with Gasteiger partial charge in [-0.1, -0.05) is 38.1 Å². The minimum atomic E-state index is -0.0429. The lowest BCUT2D eigenvalue weighted by Crippen LogP contribution is -2.32. The van der Waals surface area contributed by atoms with E-state index in [-0.39, 0.29) is 13.4 Å². The van der Waals surface area contributed by atoms with Gasteiger partial charge in [-0.05, 0) is 36.3 Å². The fraction of sp³-hybridized carbons (Fsp3) is 0.500. The smallest absolute Gasteiger partial charge is 0.250 e. The maximum Gasteiger partial charge on any atom is 0.250 e. The van der Waals surface area contributed by atoms with Gasteiger partial charge in [0.05, 0.1) is 11.6 Å². The van der Waals surface area contributed by atoms with Crippen molar-refractivity contribution in [3.05, 3.63) is 47.2 Å². The largest absolute Gasteiger partial charge is 0.414 e. The molecule has 0 bridgehead atoms. The van der Waals surface area contributed by atoms with Crippen LogP contribution in [0.3, 0.4) is 0 Å². The fourth-order valence-electron chi connectivity index (χ4n) is 2.87. The highest BCUT2D eigenvalue weighted by Crippen LogP contribution is 2.37. The second-order valence-corrected chi connectivity index (χ2v) is 6.05. The van der Waals surface area contributed by atoms with Gasteiger partial charge in [0.2, 0.25) is 0 Å². The van der Waals surface area contributed by atoms with Gasteiger partial charge in [-0.2, -0.15) is 5.06 Å². The van der Waals surface area contributed by atoms with Crippen LogP contribution in [0.25, 0.3) is 0 Å². The van der Waals surface area contributed by atoms with Crippen molar-refractivity contribution in [3.63, 3.8) is 0 Å². The van der Waals surface area contributed by atoms with Crippen LogP contribution in [0.1, 0.15) is 57.6 Å². The molecule has 1 aliphatic carbocycles. The third-order valence-corrected chi connectivity index (χ3v) is 4.17. The minimum absolute atomic E-state index is 0. The number of nitrogens with one attached hydrogen (secondary N) is 1. The molecule has 2 atom stereocenters. The van der Waals surface area contributed by atoms with Crippen molar-refractivity contribution in [1.82, 2.24) is 10.4 Å². The molecule has 4 nitrogen and oxygen atoms in total. The van der Waals surface area contributed by atoms with Crippen LogP contribution in [0, 0.1) is 0 Å². The van der Waals surface area contributed by atoms with E-state index in [1.165, 1.54) is 17.4 Å². The Hall–Kier alpha value is -1.81. The molecule has 0 saturated heterocycles. The number of carbonyl (C=O) groups excluding carboxylic acids is 1. The molecule has 22 heavy (non-hydrogen) atoms. The van der Waals surface area contributed by atoms with E-state index in [2.05, 4.69) is 30.4 Å². The van der Waals surface area contributed by atoms with Gasteiger partial charge in [-0.25, -0.2) is 0 Å². The van der Waals surface area contributed by atoms with Gasteiger partial charge in [0, 0.05) is 15.5 Å². The van der Waals surface area contributed by atoms with Crippen LogP contribution in [0.4, 0.5) is 0 Å². The molecule has 122 valence electrons. The van der Waals surface area contributed by atoms with Gasteiger partial charge in [0.25, 0.3) is 5.91 Å². The molecule has 1 aromatic rings. The SMILES string of the molecule is CC/C(=C\ON(C)C)C(=O)NC1CCC(C)c2ccccc21.[HH]. The summed E-state index contributed by atoms with van der Waals surface area (Å²) in [4.78, 5) is 17.8. The van der Waals surface area contributed by atoms with Gasteiger partial charge >= 0.3 is 0 Å². The molecule has 1 N–H and O–H groups in total. The lowest BCUT2D eigenvalue weighted by Gasteiger charge is -2.30. The Labute approximate surface area is 134 Å². The van der Waals surface area contributed by atoms with Gasteiger partial charge < -0.3 is 10.2 Å². The van der Waals surface area contributed by atoms with Crippen molar-refractivity contribution >= 4 is 5.91 Å². The van der Waals surface area contributed by atoms with Crippen molar-refractivity contribution < 1.29 is 11.1 Å². The quantitative estimate of drug-likeness (QED) is 0.511. The molecule has 0 aromatic heterocycles. The van der Waals surface area contributed by atoms with Crippen molar-refractivity contribution in [2.75, 3.05) is 14.1 Å². The van der Waals surface area contributed by atoms with E-state index in [1.807, 2.05) is 13.0 Å². The van der Waals surface area contributed by atoms with Crippen molar-refractivity contribution in [2.24, 2.45) is 0 Å². The molecule has 0 saturated carbocycles. The fourth-order valence-corrected chi connectivity index (χ4v) is 2.87. The number of carbonyl (C=O) groups is 1. The number of fused-ring (bicyclic) bond motifs is 1. The first-order valence-electron chi connectivity index (χ1n) is 7.95. The monoisotopic (exact) mass is 304 g/mol. The summed E-state index contributed by atoms with van der Waals surface area (Å²) in [6.07, 6.45) is 4.26. The standard InChI is InChI=1S/C18H26N2O2.H2/c1-5-14(12-22-20(3)4)18(21)19-17-11-10-13(2)15-8-6-7-9-16(15)17;/h6-9,12-13,17H,5,10-11H2,1-4H3,(H,19,21);1H/b14-12+;. The van der Waals surface area contributed by atoms with E-state index in [1.54, 1.807) is 19.2 Å². The Kier molecular flexibility index (Phi) is 5.61. The van der Waals surface area contributed by atoms with Crippen LogP contribution in [0.5, 0.6) is 0 Å². The summed E-state index contributed by atoms with van der Waals surface area (Å²) in [7, 11) is 3.58. The normalized spacial score (nSPS) is 21.4. The molecule has 1 amide bonds. The lowest BCUT2D eigenvalue weighted by molar-refractivity contribution is -0.119. The first-order chi connectivity index (χ1) is 10.5. The first kappa shape index (κ1) is 16.6. The molecule has 0 heterocycles. The third-order valence-electron chi connectivity index (χ3n) is 4.17. The lowest BCUT2D eigenvalue weighted by atomic mass is 9.81. The average molecular weight is 304 g/mol. The Morgan fingerprint density at radius 3 is 2.68 bits per heavy atom. The first-order valence-corrected chi connectivity index (χ1v) is 7.95. The van der Waals surface area contributed by atoms with E-state index in [9.17, 15) is 4.79 Å². The maximum atomic E-state index is 12.5. The molecule has 1 aromatic carbocycles. The Bertz CT molecular complexity index is 558. The summed E-state index contributed by atoms with van der Waals surface area (Å²) in [6.45, 7) is 4.21. The average Bonchev–Trinajstić information content (AvgIpc) is 2.51. The van der Waals surface area contributed by atoms with Crippen molar-refractivity contribution in [3.8, 4) is 0 Å². The zero-order valence-electron chi connectivity index (χ0n) is 13.9. The number of hydroxylamine groups is 2. The van der Waals surface area contributed by atoms with E-state index < -0.39 is 0 Å². The molecule has 0 aliphatic heterocycles. The Morgan fingerprint density at radius 2 is 2.05 bits per heavy atom. The molecule has 0 fully saturated rings. The molecule has 4 heteroatoms. The predicted octanol–water partition coefficient (Wildman–Crippen LogP) is 3.77. The van der Waals surface area contributed by atoms with E-state index in [0.29, 0.717) is 17.9 Å². The maximum absolute atomic E-state index is 12.5. The van der Waals surface area contributed by atoms with Crippen molar-refractivity contribution in [2.45, 2.75) is 45.1 Å². The Morgan fingerprint density at radius 1 is 1.36 bits per heavy atom. The van der Waals surface area contributed by atoms with Crippen molar-refractivity contribution in [1.29, 1.82) is 0 Å². The summed E-state index contributed by atoms with van der Waals surface area (Å²) in [5.41, 5.74) is 3.26. The van der Waals surface area contributed by atoms with Gasteiger partial charge in [-0.3, -0.25) is 4.79 Å². The zero-order chi connectivity index (χ0) is 16.1. The van der Waals surface area contributed by atoms with E-state index >= 15 is 0 Å². The second-order valence-electron chi connectivity index (χ2n) is 6.05. The molecule has 0 radical (unpaired) electrons. The molecule has 2 rings (SSSR count). The summed E-state index contributed by atoms with van der Waals surface area (Å²) in [5.74, 6) is 0.515. The van der Waals surface area contributed by atoms with Crippen LogP contribution < -0.4 is 5.32 Å². The van der Waals surface area contributed by atoms with Crippen LogP contribution in [-0.2, 0) is 9.63 Å². The molecular formula is C18H28N2O2. The second kappa shape index (κ2) is 7.45. The summed E-state index contributed by atoms with van der Waals surface area (Å²) in [6, 6.07) is 8.50. The summed E-state index contributed by atoms with van der Waals surface area (Å²) >= 11 is 0. The van der Waals surface area contributed by atoms with Crippen LogP contribution in [0.15, 0.2) is 36.1 Å². The number of nitrogens with zero attached hydrogens (tertiary/aromatic N) is 1. The highest BCUT2D eigenvalue weighted by Gasteiger charge is 2.26. The third kappa shape index (κ3) is 3.89. The summed E-state index contributed by atoms with van der Waals surface area (Å²) in [5, 5.41) is 4.73. The van der Waals surface area contributed by atoms with Crippen LogP contribution >= 0.6 is 0 Å². The van der Waals surface area contributed by atoms with Gasteiger partial charge in [-0.15, -0.1) is 0 Å². The Balaban J connectivity index is 0.00000264. The van der Waals surface area contributed by atoms with Crippen LogP contribution in [-0.4, -0.2) is 25.1 Å². The molecule has 1 aliphatic rings. The number of hydrogen-bond donors (Lipinski definition) is 1. The molecule has 2 unspecified atom stereocenters. The van der Waals surface area contributed by atoms with E-state index in [4.69, 9.17) is 4.84 Å². The minimum Gasteiger partial charge on any atom is -0.414 e. The number of amides is 1. The molecular weight excluding hydrogens is 276 g/mol. The van der Waals surface area contributed by atoms with E-state index in [0.717, 1.165) is 12.8 Å². The highest BCUT2D eigenvalue weighted by molar-refractivity contribution is 5.93. The number of hydrogen-bond acceptors (Lipinski definition) is 3. The highest BCUT2D eigenvalue weighted by atomic mass is 16.7. The zero-order valence-corrected chi connectivity index (χ0v) is 13.9. The number of benzene rings is 1. The predicted molar refractivity (Wildman–Crippen MR) is 90.2 cm³/mol. The van der Waals surface area contributed by atoms with Crippen LogP contribution in [0.2, 0.25) is 0 Å². The topological polar surface area (TPSA) is 41.6 Å². The van der Waals surface area contributed by atoms with Gasteiger partial charge in [0.15, 0.2) is 0 Å². The van der Waals surface area contributed by atoms with Gasteiger partial charge in [0.1, 0.15) is 6.26 Å². The summed E-state index contributed by atoms with van der Waals surface area (Å²) < 4.78 is 0.